The maximum Gasteiger partial charge on any atom is 0.148 e. The first-order valence-electron chi connectivity index (χ1n) is 3.38. The molecule has 3 heteroatoms. The summed E-state index contributed by atoms with van der Waals surface area (Å²) in [6.45, 7) is 0.396. The smallest absolute Gasteiger partial charge is 0.148 e. The molecule has 0 saturated heterocycles. The lowest BCUT2D eigenvalue weighted by molar-refractivity contribution is -0.119. The summed E-state index contributed by atoms with van der Waals surface area (Å²) in [5, 5.41) is 0. The van der Waals surface area contributed by atoms with Gasteiger partial charge in [-0.2, -0.15) is 0 Å². The molecule has 0 amide bonds. The van der Waals surface area contributed by atoms with E-state index in [1.54, 1.807) is 0 Å². The van der Waals surface area contributed by atoms with Crippen LogP contribution in [0.3, 0.4) is 0 Å². The maximum atomic E-state index is 10.9. The summed E-state index contributed by atoms with van der Waals surface area (Å²) in [6.07, 6.45) is 1.25. The van der Waals surface area contributed by atoms with Crippen molar-refractivity contribution >= 4 is 11.6 Å². The van der Waals surface area contributed by atoms with Gasteiger partial charge in [-0.1, -0.05) is 0 Å². The predicted octanol–water partition coefficient (Wildman–Crippen LogP) is -0.158. The van der Waals surface area contributed by atoms with Crippen molar-refractivity contribution in [1.29, 1.82) is 0 Å². The van der Waals surface area contributed by atoms with Gasteiger partial charge in [0.2, 0.25) is 0 Å². The van der Waals surface area contributed by atoms with Gasteiger partial charge in [-0.05, 0) is 13.0 Å². The number of hydrogen-bond donors (Lipinski definition) is 1. The van der Waals surface area contributed by atoms with Gasteiger partial charge in [0.1, 0.15) is 17.5 Å². The molecule has 1 aliphatic rings. The third-order valence-electron chi connectivity index (χ3n) is 1.65. The van der Waals surface area contributed by atoms with Crippen molar-refractivity contribution in [1.82, 2.24) is 0 Å². The normalized spacial score (nSPS) is 20.5. The fraction of sp³-hybridized carbons (Fsp3) is 0.571. The lowest BCUT2D eigenvalue weighted by atomic mass is 10.0. The Labute approximate surface area is 59.6 Å². The van der Waals surface area contributed by atoms with Crippen LogP contribution in [0, 0.1) is 5.92 Å². The molecule has 0 aromatic rings. The standard InChI is InChI=1S/C7H10NO2/c8-4-3-5-6(9)1-2-7(5)10/h1-4,8H2. The summed E-state index contributed by atoms with van der Waals surface area (Å²) in [7, 11) is 0. The van der Waals surface area contributed by atoms with Crippen molar-refractivity contribution in [3.05, 3.63) is 5.92 Å². The average Bonchev–Trinajstić information content (AvgIpc) is 2.20. The first-order chi connectivity index (χ1) is 4.75. The lowest BCUT2D eigenvalue weighted by Crippen LogP contribution is -2.16. The van der Waals surface area contributed by atoms with Crippen molar-refractivity contribution in [2.75, 3.05) is 6.54 Å². The number of carbonyl (C=O) groups is 2. The van der Waals surface area contributed by atoms with E-state index < -0.39 is 0 Å². The molecule has 1 rings (SSSR count). The molecule has 2 N–H and O–H groups in total. The molecular formula is C7H10NO2. The molecule has 1 saturated carbocycles. The van der Waals surface area contributed by atoms with Crippen LogP contribution in [0.5, 0.6) is 0 Å². The van der Waals surface area contributed by atoms with Gasteiger partial charge in [-0.15, -0.1) is 0 Å². The molecule has 0 unspecified atom stereocenters. The minimum Gasteiger partial charge on any atom is -0.330 e. The van der Waals surface area contributed by atoms with E-state index in [4.69, 9.17) is 5.73 Å². The van der Waals surface area contributed by atoms with Crippen molar-refractivity contribution in [3.63, 3.8) is 0 Å². The van der Waals surface area contributed by atoms with Crippen LogP contribution < -0.4 is 5.73 Å². The van der Waals surface area contributed by atoms with Gasteiger partial charge in [0, 0.05) is 12.8 Å². The van der Waals surface area contributed by atoms with Gasteiger partial charge in [0.25, 0.3) is 0 Å². The van der Waals surface area contributed by atoms with Crippen LogP contribution in [0.15, 0.2) is 0 Å². The summed E-state index contributed by atoms with van der Waals surface area (Å²) >= 11 is 0. The number of hydrogen-bond acceptors (Lipinski definition) is 3. The molecule has 0 spiro atoms. The highest BCUT2D eigenvalue weighted by Crippen LogP contribution is 2.21. The van der Waals surface area contributed by atoms with Gasteiger partial charge in [0.15, 0.2) is 0 Å². The monoisotopic (exact) mass is 140 g/mol. The van der Waals surface area contributed by atoms with Crippen LogP contribution in [-0.2, 0) is 9.59 Å². The van der Waals surface area contributed by atoms with Crippen molar-refractivity contribution < 1.29 is 9.59 Å². The van der Waals surface area contributed by atoms with E-state index in [-0.39, 0.29) is 11.6 Å². The second-order valence-corrected chi connectivity index (χ2v) is 2.36. The molecule has 0 aromatic heterocycles. The van der Waals surface area contributed by atoms with E-state index in [0.29, 0.717) is 31.7 Å². The van der Waals surface area contributed by atoms with Crippen LogP contribution in [0.25, 0.3) is 0 Å². The molecule has 0 atom stereocenters. The molecule has 1 aliphatic carbocycles. The summed E-state index contributed by atoms with van der Waals surface area (Å²) < 4.78 is 0. The Balaban J connectivity index is 2.54. The molecule has 0 aromatic carbocycles. The minimum atomic E-state index is -0.00421. The number of ketones is 2. The van der Waals surface area contributed by atoms with Gasteiger partial charge >= 0.3 is 0 Å². The zero-order chi connectivity index (χ0) is 7.56. The first-order valence-corrected chi connectivity index (χ1v) is 3.38. The van der Waals surface area contributed by atoms with E-state index in [2.05, 4.69) is 0 Å². The highest BCUT2D eigenvalue weighted by atomic mass is 16.2. The maximum absolute atomic E-state index is 10.9. The quantitative estimate of drug-likeness (QED) is 0.579. The number of nitrogens with two attached hydrogens (primary N) is 1. The first kappa shape index (κ1) is 7.41. The summed E-state index contributed by atoms with van der Waals surface area (Å²) in [5.74, 6) is 0.424. The molecule has 0 aliphatic heterocycles. The zero-order valence-electron chi connectivity index (χ0n) is 5.72. The summed E-state index contributed by atoms with van der Waals surface area (Å²) in [4.78, 5) is 21.7. The summed E-state index contributed by atoms with van der Waals surface area (Å²) in [6, 6.07) is 0. The van der Waals surface area contributed by atoms with Gasteiger partial charge in [0.05, 0.1) is 0 Å². The number of carbonyl (C=O) groups excluding carboxylic acids is 2. The van der Waals surface area contributed by atoms with E-state index in [9.17, 15) is 9.59 Å². The van der Waals surface area contributed by atoms with Crippen molar-refractivity contribution in [3.8, 4) is 0 Å². The van der Waals surface area contributed by atoms with Crippen LogP contribution >= 0.6 is 0 Å². The van der Waals surface area contributed by atoms with Crippen LogP contribution in [0.1, 0.15) is 19.3 Å². The molecular weight excluding hydrogens is 130 g/mol. The molecule has 55 valence electrons. The van der Waals surface area contributed by atoms with Gasteiger partial charge in [-0.3, -0.25) is 9.59 Å². The van der Waals surface area contributed by atoms with Crippen molar-refractivity contribution in [2.45, 2.75) is 19.3 Å². The Kier molecular flexibility index (Phi) is 2.17. The lowest BCUT2D eigenvalue weighted by Gasteiger charge is -2.00. The zero-order valence-corrected chi connectivity index (χ0v) is 5.72. The van der Waals surface area contributed by atoms with Crippen LogP contribution in [0.4, 0.5) is 0 Å². The van der Waals surface area contributed by atoms with E-state index in [1.807, 2.05) is 0 Å². The van der Waals surface area contributed by atoms with E-state index in [1.165, 1.54) is 0 Å². The molecule has 1 fully saturated rings. The van der Waals surface area contributed by atoms with Gasteiger partial charge in [-0.25, -0.2) is 0 Å². The highest BCUT2D eigenvalue weighted by molar-refractivity contribution is 6.21. The Morgan fingerprint density at radius 3 is 2.10 bits per heavy atom. The second kappa shape index (κ2) is 2.92. The van der Waals surface area contributed by atoms with Crippen LogP contribution in [-0.4, -0.2) is 18.1 Å². The predicted molar refractivity (Wildman–Crippen MR) is 36.2 cm³/mol. The third kappa shape index (κ3) is 1.24. The summed E-state index contributed by atoms with van der Waals surface area (Å²) in [5.41, 5.74) is 5.21. The SMILES string of the molecule is NCC[C]1C(=O)CCC1=O. The number of Topliss-reactive ketones (excluding diaryl/α,β-unsaturated/α-hetero) is 2. The molecule has 1 radical (unpaired) electrons. The second-order valence-electron chi connectivity index (χ2n) is 2.36. The van der Waals surface area contributed by atoms with E-state index in [0.717, 1.165) is 0 Å². The van der Waals surface area contributed by atoms with Gasteiger partial charge < -0.3 is 5.73 Å². The third-order valence-corrected chi connectivity index (χ3v) is 1.65. The topological polar surface area (TPSA) is 60.2 Å². The Bertz CT molecular complexity index is 149. The Morgan fingerprint density at radius 2 is 1.70 bits per heavy atom. The molecule has 3 nitrogen and oxygen atoms in total. The molecule has 0 bridgehead atoms. The molecule has 10 heavy (non-hydrogen) atoms. The fourth-order valence-corrected chi connectivity index (χ4v) is 1.11. The molecule has 0 heterocycles. The Morgan fingerprint density at radius 1 is 1.20 bits per heavy atom. The number of rotatable bonds is 2. The fourth-order valence-electron chi connectivity index (χ4n) is 1.11. The van der Waals surface area contributed by atoms with Crippen molar-refractivity contribution in [2.24, 2.45) is 5.73 Å². The minimum absolute atomic E-state index is 0.00421. The Hall–Kier alpha value is -0.700. The largest absolute Gasteiger partial charge is 0.330 e. The highest BCUT2D eigenvalue weighted by Gasteiger charge is 2.32. The van der Waals surface area contributed by atoms with E-state index >= 15 is 0 Å². The average molecular weight is 140 g/mol. The van der Waals surface area contributed by atoms with Crippen LogP contribution in [0.2, 0.25) is 0 Å².